The highest BCUT2D eigenvalue weighted by molar-refractivity contribution is 6.63. The van der Waals surface area contributed by atoms with Crippen LogP contribution in [0.2, 0.25) is 5.31 Å². The third-order valence-corrected chi connectivity index (χ3v) is 4.36. The topological polar surface area (TPSA) is 0 Å². The van der Waals surface area contributed by atoms with Crippen molar-refractivity contribution in [2.45, 2.75) is 30.0 Å². The number of hydrogen-bond donors (Lipinski definition) is 0. The Hall–Kier alpha value is -1.14. The first kappa shape index (κ1) is 11.9. The molecule has 0 aliphatic heterocycles. The van der Waals surface area contributed by atoms with Crippen molar-refractivity contribution in [3.8, 4) is 0 Å². The van der Waals surface area contributed by atoms with E-state index < -0.39 is 35.2 Å². The van der Waals surface area contributed by atoms with Gasteiger partial charge in [0.25, 0.3) is 0 Å². The van der Waals surface area contributed by atoms with Crippen molar-refractivity contribution >= 4 is 6.98 Å². The van der Waals surface area contributed by atoms with Gasteiger partial charge in [0.15, 0.2) is 17.5 Å². The summed E-state index contributed by atoms with van der Waals surface area (Å²) >= 11 is 0. The molecule has 0 atom stereocenters. The summed E-state index contributed by atoms with van der Waals surface area (Å²) in [5, 5.41) is -1.62. The van der Waals surface area contributed by atoms with Crippen LogP contribution in [-0.4, -0.2) is 6.98 Å². The molecule has 18 heavy (non-hydrogen) atoms. The zero-order valence-electron chi connectivity index (χ0n) is 9.12. The lowest BCUT2D eigenvalue weighted by molar-refractivity contribution is -0.0405. The molecule has 0 aromatic heterocycles. The predicted molar refractivity (Wildman–Crippen MR) is 53.6 cm³/mol. The highest BCUT2D eigenvalue weighted by Crippen LogP contribution is 2.82. The van der Waals surface area contributed by atoms with Gasteiger partial charge in [-0.3, -0.25) is 0 Å². The average Bonchev–Trinajstić information content (AvgIpc) is 2.06. The molecule has 0 saturated heterocycles. The van der Waals surface area contributed by atoms with Crippen LogP contribution in [0.4, 0.5) is 26.1 Å². The first-order chi connectivity index (χ1) is 8.19. The highest BCUT2D eigenvalue weighted by Gasteiger charge is 2.74. The summed E-state index contributed by atoms with van der Waals surface area (Å²) < 4.78 is 76.9. The smallest absolute Gasteiger partial charge is 0.449 e. The molecule has 3 aliphatic rings. The fourth-order valence-corrected chi connectivity index (χ4v) is 3.38. The fraction of sp³-hybridized carbons (Fsp3) is 0.455. The molecule has 0 amide bonds. The molecular weight excluding hydrogens is 257 g/mol. The highest BCUT2D eigenvalue weighted by atomic mass is 19.4. The monoisotopic (exact) mass is 265 g/mol. The lowest BCUT2D eigenvalue weighted by Crippen LogP contribution is -2.67. The van der Waals surface area contributed by atoms with Gasteiger partial charge in [0.1, 0.15) is 0 Å². The first-order valence-corrected chi connectivity index (χ1v) is 5.54. The maximum absolute atomic E-state index is 13.0. The molecule has 0 nitrogen and oxygen atoms in total. The molecular formula is C11H8BF6-. The van der Waals surface area contributed by atoms with Gasteiger partial charge in [0, 0.05) is 0 Å². The largest absolute Gasteiger partial charge is 0.484 e. The summed E-state index contributed by atoms with van der Waals surface area (Å²) in [6.07, 6.45) is -0.393. The van der Waals surface area contributed by atoms with Crippen LogP contribution in [0.25, 0.3) is 0 Å². The number of halogens is 6. The Labute approximate surface area is 99.0 Å². The molecule has 0 heterocycles. The number of hydrogen-bond acceptors (Lipinski definition) is 0. The second-order valence-electron chi connectivity index (χ2n) is 5.50. The predicted octanol–water partition coefficient (Wildman–Crippen LogP) is 4.13. The van der Waals surface area contributed by atoms with Crippen molar-refractivity contribution in [2.24, 2.45) is 0 Å². The van der Waals surface area contributed by atoms with Gasteiger partial charge >= 0.3 is 6.98 Å². The minimum Gasteiger partial charge on any atom is -0.449 e. The quantitative estimate of drug-likeness (QED) is 0.428. The van der Waals surface area contributed by atoms with Crippen LogP contribution in [0.15, 0.2) is 12.1 Å². The van der Waals surface area contributed by atoms with Crippen LogP contribution in [0.5, 0.6) is 0 Å². The van der Waals surface area contributed by atoms with E-state index >= 15 is 0 Å². The van der Waals surface area contributed by atoms with E-state index in [0.29, 0.717) is 0 Å². The standard InChI is InChI=1S/C11H8BF6/c13-7-1-6(2-8(14)9(7)15)10-3-11(4-10,5-10)12(16,17)18/h1-2H,3-5H2/q-1. The molecule has 1 aromatic rings. The van der Waals surface area contributed by atoms with Gasteiger partial charge in [-0.05, 0) is 23.1 Å². The Morgan fingerprint density at radius 2 is 1.33 bits per heavy atom. The van der Waals surface area contributed by atoms with Crippen molar-refractivity contribution in [3.63, 3.8) is 0 Å². The van der Waals surface area contributed by atoms with E-state index in [9.17, 15) is 26.1 Å². The first-order valence-electron chi connectivity index (χ1n) is 5.54. The van der Waals surface area contributed by atoms with E-state index in [4.69, 9.17) is 0 Å². The lowest BCUT2D eigenvalue weighted by Gasteiger charge is -2.75. The van der Waals surface area contributed by atoms with Crippen LogP contribution in [-0.2, 0) is 5.41 Å². The molecule has 98 valence electrons. The van der Waals surface area contributed by atoms with Gasteiger partial charge in [-0.1, -0.05) is 24.6 Å². The molecule has 3 saturated carbocycles. The van der Waals surface area contributed by atoms with E-state index in [1.807, 2.05) is 0 Å². The maximum Gasteiger partial charge on any atom is 0.484 e. The third-order valence-electron chi connectivity index (χ3n) is 4.36. The van der Waals surface area contributed by atoms with E-state index in [-0.39, 0.29) is 24.8 Å². The fourth-order valence-electron chi connectivity index (χ4n) is 3.38. The van der Waals surface area contributed by atoms with Gasteiger partial charge in [-0.15, -0.1) is 0 Å². The van der Waals surface area contributed by atoms with E-state index in [0.717, 1.165) is 12.1 Å². The number of rotatable bonds is 2. The lowest BCUT2D eigenvalue weighted by atomic mass is 9.23. The van der Waals surface area contributed by atoms with Gasteiger partial charge in [0.2, 0.25) is 0 Å². The normalized spacial score (nSPS) is 33.9. The summed E-state index contributed by atoms with van der Waals surface area (Å²) in [5.74, 6) is -4.28. The van der Waals surface area contributed by atoms with E-state index in [1.54, 1.807) is 0 Å². The van der Waals surface area contributed by atoms with Crippen LogP contribution < -0.4 is 0 Å². The summed E-state index contributed by atoms with van der Waals surface area (Å²) in [7, 11) is 0. The summed E-state index contributed by atoms with van der Waals surface area (Å²) in [4.78, 5) is 0. The Morgan fingerprint density at radius 1 is 0.889 bits per heavy atom. The average molecular weight is 265 g/mol. The van der Waals surface area contributed by atoms with Crippen molar-refractivity contribution in [2.75, 3.05) is 0 Å². The Balaban J connectivity index is 1.89. The number of benzene rings is 1. The Morgan fingerprint density at radius 3 is 1.72 bits per heavy atom. The van der Waals surface area contributed by atoms with E-state index in [2.05, 4.69) is 0 Å². The Kier molecular flexibility index (Phi) is 2.03. The molecule has 7 heteroatoms. The second kappa shape index (κ2) is 3.06. The zero-order chi connectivity index (χ0) is 13.3. The van der Waals surface area contributed by atoms with Crippen molar-refractivity contribution in [1.82, 2.24) is 0 Å². The second-order valence-corrected chi connectivity index (χ2v) is 5.50. The van der Waals surface area contributed by atoms with Crippen LogP contribution in [0.1, 0.15) is 24.8 Å². The molecule has 0 spiro atoms. The summed E-state index contributed by atoms with van der Waals surface area (Å²) in [6.45, 7) is -4.92. The Bertz CT molecular complexity index is 492. The molecule has 0 N–H and O–H groups in total. The van der Waals surface area contributed by atoms with E-state index in [1.165, 1.54) is 0 Å². The minimum absolute atomic E-state index is 0.131. The van der Waals surface area contributed by atoms with Crippen LogP contribution in [0.3, 0.4) is 0 Å². The van der Waals surface area contributed by atoms with Crippen LogP contribution in [0, 0.1) is 17.5 Å². The van der Waals surface area contributed by atoms with Gasteiger partial charge in [-0.25, -0.2) is 13.2 Å². The molecule has 1 aromatic carbocycles. The summed E-state index contributed by atoms with van der Waals surface area (Å²) in [5.41, 5.74) is -0.659. The third kappa shape index (κ3) is 1.25. The minimum atomic E-state index is -4.92. The SMILES string of the molecule is Fc1cc(C23CC([B-](F)(F)F)(C2)C3)cc(F)c1F. The molecule has 2 bridgehead atoms. The molecule has 3 fully saturated rings. The maximum atomic E-state index is 13.0. The van der Waals surface area contributed by atoms with Gasteiger partial charge < -0.3 is 12.9 Å². The van der Waals surface area contributed by atoms with Gasteiger partial charge in [0.05, 0.1) is 0 Å². The molecule has 0 radical (unpaired) electrons. The molecule has 0 unspecified atom stereocenters. The molecule has 4 rings (SSSR count). The molecule has 3 aliphatic carbocycles. The van der Waals surface area contributed by atoms with Gasteiger partial charge in [-0.2, -0.15) is 0 Å². The van der Waals surface area contributed by atoms with Crippen LogP contribution >= 0.6 is 0 Å². The van der Waals surface area contributed by atoms with Crippen molar-refractivity contribution < 1.29 is 26.1 Å². The summed E-state index contributed by atoms with van der Waals surface area (Å²) in [6, 6.07) is 1.62. The van der Waals surface area contributed by atoms with Crippen molar-refractivity contribution in [3.05, 3.63) is 35.1 Å². The van der Waals surface area contributed by atoms with Crippen molar-refractivity contribution in [1.29, 1.82) is 0 Å². The zero-order valence-corrected chi connectivity index (χ0v) is 9.12.